The largest absolute Gasteiger partial charge is 0.293 e. The highest BCUT2D eigenvalue weighted by Crippen LogP contribution is 2.44. The van der Waals surface area contributed by atoms with E-state index in [1.807, 2.05) is 19.2 Å². The van der Waals surface area contributed by atoms with Gasteiger partial charge in [-0.25, -0.2) is 9.97 Å². The maximum absolute atomic E-state index is 12.2. The Morgan fingerprint density at radius 2 is 2.22 bits per heavy atom. The first kappa shape index (κ1) is 12.0. The first-order valence-electron chi connectivity index (χ1n) is 6.10. The predicted octanol–water partition coefficient (Wildman–Crippen LogP) is 3.98. The van der Waals surface area contributed by atoms with Gasteiger partial charge in [0.1, 0.15) is 10.7 Å². The minimum absolute atomic E-state index is 0.0335. The molecule has 1 aliphatic rings. The summed E-state index contributed by atoms with van der Waals surface area (Å²) in [4.78, 5) is 22.0. The zero-order valence-electron chi connectivity index (χ0n) is 10.3. The fourth-order valence-corrected chi connectivity index (χ4v) is 3.65. The molecule has 2 aromatic rings. The maximum Gasteiger partial charge on any atom is 0.177 e. The van der Waals surface area contributed by atoms with E-state index in [4.69, 9.17) is 0 Å². The van der Waals surface area contributed by atoms with Crippen LogP contribution in [0.25, 0.3) is 10.7 Å². The van der Waals surface area contributed by atoms with Crippen LogP contribution in [0.15, 0.2) is 10.9 Å². The molecule has 1 fully saturated rings. The number of hydrogen-bond acceptors (Lipinski definition) is 5. The lowest BCUT2D eigenvalue weighted by Gasteiger charge is -2.02. The van der Waals surface area contributed by atoms with Crippen LogP contribution in [0.2, 0.25) is 0 Å². The number of rotatable bonds is 4. The van der Waals surface area contributed by atoms with Crippen LogP contribution >= 0.6 is 22.7 Å². The predicted molar refractivity (Wildman–Crippen MR) is 74.4 cm³/mol. The molecule has 0 aromatic carbocycles. The normalized spacial score (nSPS) is 15.3. The highest BCUT2D eigenvalue weighted by Gasteiger charge is 2.32. The Bertz CT molecular complexity index is 568. The second-order valence-corrected chi connectivity index (χ2v) is 6.62. The Balaban J connectivity index is 2.04. The molecule has 0 saturated heterocycles. The third-order valence-electron chi connectivity index (χ3n) is 3.02. The van der Waals surface area contributed by atoms with Gasteiger partial charge in [0.25, 0.3) is 0 Å². The van der Waals surface area contributed by atoms with Gasteiger partial charge in [-0.2, -0.15) is 0 Å². The Morgan fingerprint density at radius 1 is 1.44 bits per heavy atom. The number of ketones is 1. The summed E-state index contributed by atoms with van der Waals surface area (Å²) >= 11 is 3.06. The quantitative estimate of drug-likeness (QED) is 0.794. The van der Waals surface area contributed by atoms with Crippen molar-refractivity contribution in [2.45, 2.75) is 32.6 Å². The number of nitrogens with zero attached hydrogens (tertiary/aromatic N) is 2. The highest BCUT2D eigenvalue weighted by molar-refractivity contribution is 7.17. The average molecular weight is 278 g/mol. The Hall–Kier alpha value is -1.07. The smallest absolute Gasteiger partial charge is 0.177 e. The van der Waals surface area contributed by atoms with Crippen molar-refractivity contribution in [2.75, 3.05) is 0 Å². The van der Waals surface area contributed by atoms with Crippen LogP contribution in [-0.4, -0.2) is 15.8 Å². The lowest BCUT2D eigenvalue weighted by Crippen LogP contribution is -2.07. The van der Waals surface area contributed by atoms with Gasteiger partial charge in [0.05, 0.1) is 16.1 Å². The molecule has 94 valence electrons. The molecule has 2 aromatic heterocycles. The van der Waals surface area contributed by atoms with Crippen LogP contribution in [0, 0.1) is 5.92 Å². The van der Waals surface area contributed by atoms with Crippen molar-refractivity contribution in [3.63, 3.8) is 0 Å². The van der Waals surface area contributed by atoms with E-state index in [0.29, 0.717) is 5.92 Å². The van der Waals surface area contributed by atoms with E-state index >= 15 is 0 Å². The summed E-state index contributed by atoms with van der Waals surface area (Å²) in [5, 5.41) is 2.88. The highest BCUT2D eigenvalue weighted by atomic mass is 32.1. The van der Waals surface area contributed by atoms with Crippen LogP contribution in [0.1, 0.15) is 48.0 Å². The van der Waals surface area contributed by atoms with Crippen molar-refractivity contribution in [1.29, 1.82) is 0 Å². The van der Waals surface area contributed by atoms with Crippen molar-refractivity contribution < 1.29 is 4.79 Å². The molecule has 5 heteroatoms. The molecule has 1 aliphatic carbocycles. The molecule has 3 rings (SSSR count). The molecular formula is C13H14N2OS2. The molecule has 0 atom stereocenters. The van der Waals surface area contributed by atoms with Crippen molar-refractivity contribution in [3.05, 3.63) is 21.5 Å². The molecule has 1 saturated carbocycles. The summed E-state index contributed by atoms with van der Waals surface area (Å²) in [5.74, 6) is 0.758. The van der Waals surface area contributed by atoms with Crippen LogP contribution in [0.3, 0.4) is 0 Å². The standard InChI is InChI=1S/C13H14N2OS2/c1-7(2)11(16)12-10(8-3-4-8)15-13(18-12)9-5-17-6-14-9/h5-8H,3-4H2,1-2H3. The van der Waals surface area contributed by atoms with Crippen LogP contribution in [0.4, 0.5) is 0 Å². The van der Waals surface area contributed by atoms with Crippen LogP contribution in [-0.2, 0) is 0 Å². The SMILES string of the molecule is CC(C)C(=O)c1sc(-c2cscn2)nc1C1CC1. The summed E-state index contributed by atoms with van der Waals surface area (Å²) in [6.07, 6.45) is 2.33. The zero-order valence-corrected chi connectivity index (χ0v) is 12.0. The molecule has 0 spiro atoms. The van der Waals surface area contributed by atoms with Crippen LogP contribution in [0.5, 0.6) is 0 Å². The summed E-state index contributed by atoms with van der Waals surface area (Å²) in [5.41, 5.74) is 3.72. The number of thiazole rings is 2. The van der Waals surface area contributed by atoms with Gasteiger partial charge in [0.15, 0.2) is 5.78 Å². The number of hydrogen-bond donors (Lipinski definition) is 0. The summed E-state index contributed by atoms with van der Waals surface area (Å²) in [6, 6.07) is 0. The van der Waals surface area contributed by atoms with E-state index in [2.05, 4.69) is 9.97 Å². The molecule has 0 unspecified atom stereocenters. The summed E-state index contributed by atoms with van der Waals surface area (Å²) in [7, 11) is 0. The van der Waals surface area contributed by atoms with Crippen molar-refractivity contribution in [2.24, 2.45) is 5.92 Å². The molecular weight excluding hydrogens is 264 g/mol. The maximum atomic E-state index is 12.2. The Morgan fingerprint density at radius 3 is 2.78 bits per heavy atom. The minimum atomic E-state index is 0.0335. The van der Waals surface area contributed by atoms with Gasteiger partial charge in [-0.05, 0) is 12.8 Å². The van der Waals surface area contributed by atoms with Gasteiger partial charge in [-0.15, -0.1) is 22.7 Å². The van der Waals surface area contributed by atoms with Gasteiger partial charge >= 0.3 is 0 Å². The van der Waals surface area contributed by atoms with Crippen LogP contribution < -0.4 is 0 Å². The number of carbonyl (C=O) groups excluding carboxylic acids is 1. The van der Waals surface area contributed by atoms with Gasteiger partial charge < -0.3 is 0 Å². The lowest BCUT2D eigenvalue weighted by atomic mass is 10.1. The van der Waals surface area contributed by atoms with E-state index in [1.165, 1.54) is 24.2 Å². The van der Waals surface area contributed by atoms with E-state index in [1.54, 1.807) is 16.8 Å². The van der Waals surface area contributed by atoms with Crippen molar-refractivity contribution >= 4 is 28.5 Å². The average Bonchev–Trinajstić information content (AvgIpc) is 2.91. The fraction of sp³-hybridized carbons (Fsp3) is 0.462. The van der Waals surface area contributed by atoms with E-state index in [0.717, 1.165) is 21.3 Å². The molecule has 0 radical (unpaired) electrons. The van der Waals surface area contributed by atoms with Gasteiger partial charge in [0.2, 0.25) is 0 Å². The third-order valence-corrected chi connectivity index (χ3v) is 4.71. The second-order valence-electron chi connectivity index (χ2n) is 4.90. The van der Waals surface area contributed by atoms with E-state index in [-0.39, 0.29) is 11.7 Å². The molecule has 0 bridgehead atoms. The number of aromatic nitrogens is 2. The molecule has 2 heterocycles. The first-order chi connectivity index (χ1) is 8.66. The minimum Gasteiger partial charge on any atom is -0.293 e. The number of carbonyl (C=O) groups is 1. The Kier molecular flexibility index (Phi) is 3.03. The van der Waals surface area contributed by atoms with Gasteiger partial charge in [-0.1, -0.05) is 13.8 Å². The molecule has 3 nitrogen and oxygen atoms in total. The Labute approximate surface area is 114 Å². The lowest BCUT2D eigenvalue weighted by molar-refractivity contribution is 0.0942. The molecule has 18 heavy (non-hydrogen) atoms. The van der Waals surface area contributed by atoms with E-state index in [9.17, 15) is 4.79 Å². The molecule has 0 N–H and O–H groups in total. The monoisotopic (exact) mass is 278 g/mol. The number of Topliss-reactive ketones (excluding diaryl/α,β-unsaturated/α-hetero) is 1. The van der Waals surface area contributed by atoms with Crippen molar-refractivity contribution in [3.8, 4) is 10.7 Å². The van der Waals surface area contributed by atoms with E-state index < -0.39 is 0 Å². The fourth-order valence-electron chi connectivity index (χ4n) is 1.83. The zero-order chi connectivity index (χ0) is 12.7. The molecule has 0 amide bonds. The summed E-state index contributed by atoms with van der Waals surface area (Å²) < 4.78 is 0. The van der Waals surface area contributed by atoms with Crippen molar-refractivity contribution in [1.82, 2.24) is 9.97 Å². The van der Waals surface area contributed by atoms with Gasteiger partial charge in [-0.3, -0.25) is 4.79 Å². The second kappa shape index (κ2) is 4.55. The molecule has 0 aliphatic heterocycles. The summed E-state index contributed by atoms with van der Waals surface area (Å²) in [6.45, 7) is 3.89. The third kappa shape index (κ3) is 2.12. The first-order valence-corrected chi connectivity index (χ1v) is 7.86. The van der Waals surface area contributed by atoms with Gasteiger partial charge in [0, 0.05) is 17.2 Å². The topological polar surface area (TPSA) is 42.9 Å².